The third-order valence-corrected chi connectivity index (χ3v) is 4.56. The SMILES string of the molecule is O=C(CCNC(=O)NCc1ccccc1)Nc1ccc(N2CCCC2)cc1. The first kappa shape index (κ1) is 18.8. The Balaban J connectivity index is 1.33. The number of hydrogen-bond donors (Lipinski definition) is 3. The van der Waals surface area contributed by atoms with E-state index in [9.17, 15) is 9.59 Å². The average Bonchev–Trinajstić information content (AvgIpc) is 3.22. The Labute approximate surface area is 159 Å². The second-order valence-corrected chi connectivity index (χ2v) is 6.63. The van der Waals surface area contributed by atoms with Crippen molar-refractivity contribution in [3.8, 4) is 0 Å². The molecule has 6 heteroatoms. The Morgan fingerprint density at radius 2 is 1.59 bits per heavy atom. The Hall–Kier alpha value is -3.02. The van der Waals surface area contributed by atoms with E-state index < -0.39 is 0 Å². The maximum atomic E-state index is 12.0. The molecule has 0 radical (unpaired) electrons. The van der Waals surface area contributed by atoms with Crippen molar-refractivity contribution in [3.63, 3.8) is 0 Å². The molecule has 1 aliphatic rings. The van der Waals surface area contributed by atoms with Gasteiger partial charge in [-0.3, -0.25) is 4.79 Å². The molecule has 0 atom stereocenters. The van der Waals surface area contributed by atoms with Gasteiger partial charge in [0.15, 0.2) is 0 Å². The smallest absolute Gasteiger partial charge is 0.315 e. The van der Waals surface area contributed by atoms with E-state index >= 15 is 0 Å². The molecule has 2 aromatic rings. The first-order valence-electron chi connectivity index (χ1n) is 9.41. The van der Waals surface area contributed by atoms with E-state index in [1.807, 2.05) is 54.6 Å². The first-order chi connectivity index (χ1) is 13.2. The van der Waals surface area contributed by atoms with Crippen LogP contribution in [0.25, 0.3) is 0 Å². The standard InChI is InChI=1S/C21H26N4O2/c26-20(12-13-22-21(27)23-16-17-6-2-1-3-7-17)24-18-8-10-19(11-9-18)25-14-4-5-15-25/h1-3,6-11H,4-5,12-16H2,(H,24,26)(H2,22,23,27). The molecule has 3 amide bonds. The van der Waals surface area contributed by atoms with Crippen molar-refractivity contribution < 1.29 is 9.59 Å². The number of rotatable bonds is 7. The van der Waals surface area contributed by atoms with Crippen molar-refractivity contribution in [2.45, 2.75) is 25.8 Å². The van der Waals surface area contributed by atoms with Gasteiger partial charge in [-0.1, -0.05) is 30.3 Å². The van der Waals surface area contributed by atoms with Crippen LogP contribution in [0.15, 0.2) is 54.6 Å². The molecule has 0 aromatic heterocycles. The van der Waals surface area contributed by atoms with Gasteiger partial charge < -0.3 is 20.9 Å². The lowest BCUT2D eigenvalue weighted by molar-refractivity contribution is -0.116. The molecular formula is C21H26N4O2. The zero-order valence-corrected chi connectivity index (χ0v) is 15.4. The number of nitrogens with zero attached hydrogens (tertiary/aromatic N) is 1. The van der Waals surface area contributed by atoms with Crippen molar-refractivity contribution in [1.29, 1.82) is 0 Å². The summed E-state index contributed by atoms with van der Waals surface area (Å²) in [6, 6.07) is 17.3. The van der Waals surface area contributed by atoms with E-state index in [0.717, 1.165) is 24.3 Å². The second kappa shape index (κ2) is 9.62. The largest absolute Gasteiger partial charge is 0.372 e. The van der Waals surface area contributed by atoms with Crippen LogP contribution in [0.3, 0.4) is 0 Å². The second-order valence-electron chi connectivity index (χ2n) is 6.63. The number of carbonyl (C=O) groups is 2. The minimum atomic E-state index is -0.276. The number of hydrogen-bond acceptors (Lipinski definition) is 3. The molecule has 142 valence electrons. The van der Waals surface area contributed by atoms with Crippen LogP contribution in [0.2, 0.25) is 0 Å². The first-order valence-corrected chi connectivity index (χ1v) is 9.41. The molecule has 0 aliphatic carbocycles. The molecule has 0 saturated carbocycles. The van der Waals surface area contributed by atoms with E-state index in [1.165, 1.54) is 18.5 Å². The molecule has 1 aliphatic heterocycles. The van der Waals surface area contributed by atoms with Gasteiger partial charge in [-0.15, -0.1) is 0 Å². The maximum Gasteiger partial charge on any atom is 0.315 e. The molecule has 1 heterocycles. The molecule has 3 rings (SSSR count). The third kappa shape index (κ3) is 6.02. The van der Waals surface area contributed by atoms with Gasteiger partial charge in [-0.05, 0) is 42.7 Å². The normalized spacial score (nSPS) is 13.3. The number of nitrogens with one attached hydrogen (secondary N) is 3. The van der Waals surface area contributed by atoms with Crippen LogP contribution in [0.1, 0.15) is 24.8 Å². The fourth-order valence-electron chi connectivity index (χ4n) is 3.08. The van der Waals surface area contributed by atoms with Gasteiger partial charge in [0.1, 0.15) is 0 Å². The number of anilines is 2. The highest BCUT2D eigenvalue weighted by atomic mass is 16.2. The number of carbonyl (C=O) groups excluding carboxylic acids is 2. The lowest BCUT2D eigenvalue weighted by Crippen LogP contribution is -2.36. The van der Waals surface area contributed by atoms with Crippen LogP contribution in [0, 0.1) is 0 Å². The Bertz CT molecular complexity index is 741. The topological polar surface area (TPSA) is 73.5 Å². The molecule has 0 spiro atoms. The van der Waals surface area contributed by atoms with Crippen molar-refractivity contribution in [2.24, 2.45) is 0 Å². The molecule has 0 unspecified atom stereocenters. The van der Waals surface area contributed by atoms with Crippen molar-refractivity contribution in [2.75, 3.05) is 29.9 Å². The van der Waals surface area contributed by atoms with Crippen LogP contribution >= 0.6 is 0 Å². The Morgan fingerprint density at radius 1 is 0.889 bits per heavy atom. The van der Waals surface area contributed by atoms with Gasteiger partial charge in [-0.2, -0.15) is 0 Å². The number of amides is 3. The van der Waals surface area contributed by atoms with Crippen LogP contribution in [0.5, 0.6) is 0 Å². The van der Waals surface area contributed by atoms with Gasteiger partial charge in [0.2, 0.25) is 5.91 Å². The van der Waals surface area contributed by atoms with Gasteiger partial charge >= 0.3 is 6.03 Å². The zero-order valence-electron chi connectivity index (χ0n) is 15.4. The number of urea groups is 1. The highest BCUT2D eigenvalue weighted by molar-refractivity contribution is 5.91. The summed E-state index contributed by atoms with van der Waals surface area (Å²) in [5, 5.41) is 8.33. The molecule has 0 bridgehead atoms. The van der Waals surface area contributed by atoms with Crippen LogP contribution < -0.4 is 20.9 Å². The summed E-state index contributed by atoms with van der Waals surface area (Å²) in [6.07, 6.45) is 2.71. The molecule has 6 nitrogen and oxygen atoms in total. The predicted octanol–water partition coefficient (Wildman–Crippen LogP) is 3.11. The summed E-state index contributed by atoms with van der Waals surface area (Å²) < 4.78 is 0. The van der Waals surface area contributed by atoms with Gasteiger partial charge in [-0.25, -0.2) is 4.79 Å². The molecule has 1 fully saturated rings. The molecule has 3 N–H and O–H groups in total. The Kier molecular flexibility index (Phi) is 6.68. The highest BCUT2D eigenvalue weighted by Gasteiger charge is 2.12. The van der Waals surface area contributed by atoms with E-state index in [-0.39, 0.29) is 24.9 Å². The minimum absolute atomic E-state index is 0.118. The zero-order chi connectivity index (χ0) is 18.9. The van der Waals surface area contributed by atoms with E-state index in [4.69, 9.17) is 0 Å². The Morgan fingerprint density at radius 3 is 2.30 bits per heavy atom. The van der Waals surface area contributed by atoms with Crippen molar-refractivity contribution >= 4 is 23.3 Å². The summed E-state index contributed by atoms with van der Waals surface area (Å²) in [4.78, 5) is 26.1. The maximum absolute atomic E-state index is 12.0. The van der Waals surface area contributed by atoms with E-state index in [0.29, 0.717) is 6.54 Å². The van der Waals surface area contributed by atoms with E-state index in [1.54, 1.807) is 0 Å². The summed E-state index contributed by atoms with van der Waals surface area (Å²) in [6.45, 7) is 2.95. The summed E-state index contributed by atoms with van der Waals surface area (Å²) in [5.74, 6) is -0.118. The van der Waals surface area contributed by atoms with Crippen LogP contribution in [-0.4, -0.2) is 31.6 Å². The fraction of sp³-hybridized carbons (Fsp3) is 0.333. The highest BCUT2D eigenvalue weighted by Crippen LogP contribution is 2.22. The summed E-state index contributed by atoms with van der Waals surface area (Å²) in [7, 11) is 0. The van der Waals surface area contributed by atoms with Crippen molar-refractivity contribution in [3.05, 3.63) is 60.2 Å². The summed E-state index contributed by atoms with van der Waals surface area (Å²) in [5.41, 5.74) is 3.00. The molecule has 2 aromatic carbocycles. The van der Waals surface area contributed by atoms with Gasteiger partial charge in [0.25, 0.3) is 0 Å². The average molecular weight is 366 g/mol. The predicted molar refractivity (Wildman–Crippen MR) is 108 cm³/mol. The third-order valence-electron chi connectivity index (χ3n) is 4.56. The summed E-state index contributed by atoms with van der Waals surface area (Å²) >= 11 is 0. The molecule has 27 heavy (non-hydrogen) atoms. The van der Waals surface area contributed by atoms with Gasteiger partial charge in [0, 0.05) is 44.0 Å². The molecular weight excluding hydrogens is 340 g/mol. The minimum Gasteiger partial charge on any atom is -0.372 e. The van der Waals surface area contributed by atoms with E-state index in [2.05, 4.69) is 20.9 Å². The fourth-order valence-corrected chi connectivity index (χ4v) is 3.08. The molecule has 1 saturated heterocycles. The van der Waals surface area contributed by atoms with Crippen LogP contribution in [-0.2, 0) is 11.3 Å². The monoisotopic (exact) mass is 366 g/mol. The quantitative estimate of drug-likeness (QED) is 0.705. The van der Waals surface area contributed by atoms with Crippen molar-refractivity contribution in [1.82, 2.24) is 10.6 Å². The number of benzene rings is 2. The lowest BCUT2D eigenvalue weighted by Gasteiger charge is -2.17. The van der Waals surface area contributed by atoms with Crippen LogP contribution in [0.4, 0.5) is 16.2 Å². The lowest BCUT2D eigenvalue weighted by atomic mass is 10.2. The van der Waals surface area contributed by atoms with Gasteiger partial charge in [0.05, 0.1) is 0 Å².